The van der Waals surface area contributed by atoms with E-state index in [0.29, 0.717) is 17.7 Å². The second kappa shape index (κ2) is 6.68. The van der Waals surface area contributed by atoms with Crippen LogP contribution in [0.25, 0.3) is 21.8 Å². The predicted octanol–water partition coefficient (Wildman–Crippen LogP) is 4.33. The number of carboxylic acids is 1. The molecule has 0 aliphatic rings. The molecule has 27 heavy (non-hydrogen) atoms. The molecule has 2 aromatic heterocycles. The Balaban J connectivity index is 1.98. The quantitative estimate of drug-likeness (QED) is 0.539. The molecule has 4 rings (SSSR count). The number of ketones is 1. The molecule has 4 aromatic rings. The Morgan fingerprint density at radius 2 is 1.70 bits per heavy atom. The third kappa shape index (κ3) is 2.87. The molecule has 5 nitrogen and oxygen atoms in total. The summed E-state index contributed by atoms with van der Waals surface area (Å²) in [6.07, 6.45) is 0.577. The zero-order valence-corrected chi connectivity index (χ0v) is 14.8. The molecule has 0 aliphatic heterocycles. The topological polar surface area (TPSA) is 72.2 Å². The number of rotatable bonds is 5. The van der Waals surface area contributed by atoms with Gasteiger partial charge >= 0.3 is 5.97 Å². The van der Waals surface area contributed by atoms with E-state index in [2.05, 4.69) is 4.98 Å². The van der Waals surface area contributed by atoms with Gasteiger partial charge in [0.15, 0.2) is 5.78 Å². The number of aryl methyl sites for hydroxylation is 1. The van der Waals surface area contributed by atoms with Crippen molar-refractivity contribution >= 4 is 33.6 Å². The van der Waals surface area contributed by atoms with E-state index in [4.69, 9.17) is 0 Å². The Hall–Kier alpha value is -3.47. The first kappa shape index (κ1) is 17.0. The van der Waals surface area contributed by atoms with Gasteiger partial charge in [0, 0.05) is 21.9 Å². The molecule has 0 unspecified atom stereocenters. The highest BCUT2D eigenvalue weighted by molar-refractivity contribution is 6.11. The maximum absolute atomic E-state index is 12.8. The Morgan fingerprint density at radius 3 is 2.41 bits per heavy atom. The van der Waals surface area contributed by atoms with E-state index < -0.39 is 5.97 Å². The van der Waals surface area contributed by atoms with Crippen LogP contribution in [0.3, 0.4) is 0 Å². The number of fused-ring (bicyclic) bond motifs is 3. The first-order valence-electron chi connectivity index (χ1n) is 8.82. The van der Waals surface area contributed by atoms with Crippen molar-refractivity contribution in [2.75, 3.05) is 0 Å². The van der Waals surface area contributed by atoms with Crippen LogP contribution >= 0.6 is 0 Å². The molecule has 2 aromatic carbocycles. The summed E-state index contributed by atoms with van der Waals surface area (Å²) >= 11 is 0. The highest BCUT2D eigenvalue weighted by atomic mass is 16.4. The zero-order valence-electron chi connectivity index (χ0n) is 14.8. The number of pyridine rings is 1. The fourth-order valence-corrected chi connectivity index (χ4v) is 3.53. The average molecular weight is 358 g/mol. The maximum atomic E-state index is 12.8. The van der Waals surface area contributed by atoms with Gasteiger partial charge in [-0.05, 0) is 18.6 Å². The maximum Gasteiger partial charge on any atom is 0.354 e. The predicted molar refractivity (Wildman–Crippen MR) is 104 cm³/mol. The summed E-state index contributed by atoms with van der Waals surface area (Å²) in [7, 11) is 0. The molecule has 0 amide bonds. The number of hydrogen-bond donors (Lipinski definition) is 1. The number of carboxylic acid groups (broad SMARTS) is 1. The minimum atomic E-state index is -1.05. The minimum Gasteiger partial charge on any atom is -0.477 e. The third-order valence-electron chi connectivity index (χ3n) is 4.77. The van der Waals surface area contributed by atoms with Crippen LogP contribution in [-0.4, -0.2) is 26.4 Å². The molecule has 0 spiro atoms. The molecule has 2 heterocycles. The molecular weight excluding hydrogens is 340 g/mol. The second-order valence-corrected chi connectivity index (χ2v) is 6.40. The SMILES string of the molecule is CCc1nc(C(=O)O)cc2c3ccccc3n(CC(=O)c3ccccc3)c12. The third-order valence-corrected chi connectivity index (χ3v) is 4.77. The number of benzene rings is 2. The van der Waals surface area contributed by atoms with Crippen molar-refractivity contribution in [2.24, 2.45) is 0 Å². The van der Waals surface area contributed by atoms with Crippen molar-refractivity contribution in [2.45, 2.75) is 19.9 Å². The van der Waals surface area contributed by atoms with E-state index in [1.807, 2.05) is 54.0 Å². The van der Waals surface area contributed by atoms with Crippen LogP contribution in [0.15, 0.2) is 60.7 Å². The van der Waals surface area contributed by atoms with Crippen LogP contribution in [0.4, 0.5) is 0 Å². The molecule has 0 saturated carbocycles. The minimum absolute atomic E-state index is 0.00242. The van der Waals surface area contributed by atoms with Crippen molar-refractivity contribution in [3.8, 4) is 0 Å². The van der Waals surface area contributed by atoms with Crippen molar-refractivity contribution in [1.82, 2.24) is 9.55 Å². The normalized spacial score (nSPS) is 11.1. The van der Waals surface area contributed by atoms with Gasteiger partial charge in [-0.25, -0.2) is 9.78 Å². The molecule has 1 N–H and O–H groups in total. The molecule has 0 aliphatic carbocycles. The molecule has 5 heteroatoms. The van der Waals surface area contributed by atoms with Crippen LogP contribution in [-0.2, 0) is 13.0 Å². The van der Waals surface area contributed by atoms with Crippen molar-refractivity contribution < 1.29 is 14.7 Å². The molecule has 0 fully saturated rings. The van der Waals surface area contributed by atoms with Gasteiger partial charge < -0.3 is 9.67 Å². The van der Waals surface area contributed by atoms with E-state index in [1.54, 1.807) is 18.2 Å². The Bertz CT molecular complexity index is 1180. The highest BCUT2D eigenvalue weighted by Crippen LogP contribution is 2.31. The lowest BCUT2D eigenvalue weighted by molar-refractivity contribution is 0.0690. The zero-order chi connectivity index (χ0) is 19.0. The van der Waals surface area contributed by atoms with Gasteiger partial charge in [-0.15, -0.1) is 0 Å². The summed E-state index contributed by atoms with van der Waals surface area (Å²) in [5.74, 6) is -1.05. The van der Waals surface area contributed by atoms with Gasteiger partial charge in [-0.1, -0.05) is 55.5 Å². The smallest absolute Gasteiger partial charge is 0.354 e. The number of Topliss-reactive ketones (excluding diaryl/α,β-unsaturated/α-hetero) is 1. The summed E-state index contributed by atoms with van der Waals surface area (Å²) in [4.78, 5) is 28.7. The monoisotopic (exact) mass is 358 g/mol. The van der Waals surface area contributed by atoms with Crippen LogP contribution in [0, 0.1) is 0 Å². The van der Waals surface area contributed by atoms with Gasteiger partial charge in [0.05, 0.1) is 17.8 Å². The Kier molecular flexibility index (Phi) is 4.20. The van der Waals surface area contributed by atoms with Gasteiger partial charge in [0.1, 0.15) is 5.69 Å². The van der Waals surface area contributed by atoms with Crippen molar-refractivity contribution in [3.63, 3.8) is 0 Å². The lowest BCUT2D eigenvalue weighted by Gasteiger charge is -2.10. The number of carbonyl (C=O) groups excluding carboxylic acids is 1. The number of aromatic carboxylic acids is 1. The standard InChI is InChI=1S/C22H18N2O3/c1-2-17-21-16(12-18(23-17)22(26)27)15-10-6-7-11-19(15)24(21)13-20(25)14-8-4-3-5-9-14/h3-12H,2,13H2,1H3,(H,26,27). The van der Waals surface area contributed by atoms with Gasteiger partial charge in [-0.2, -0.15) is 0 Å². The van der Waals surface area contributed by atoms with Crippen LogP contribution < -0.4 is 0 Å². The van der Waals surface area contributed by atoms with Crippen LogP contribution in [0.1, 0.15) is 33.5 Å². The Labute approximate surface area is 155 Å². The Morgan fingerprint density at radius 1 is 1.00 bits per heavy atom. The molecular formula is C22H18N2O3. The summed E-state index contributed by atoms with van der Waals surface area (Å²) in [5.41, 5.74) is 3.08. The molecule has 0 bridgehead atoms. The number of carbonyl (C=O) groups is 2. The summed E-state index contributed by atoms with van der Waals surface area (Å²) in [5, 5.41) is 11.2. The van der Waals surface area contributed by atoms with E-state index in [-0.39, 0.29) is 18.0 Å². The highest BCUT2D eigenvalue weighted by Gasteiger charge is 2.19. The number of para-hydroxylation sites is 1. The molecule has 0 saturated heterocycles. The van der Waals surface area contributed by atoms with E-state index in [0.717, 1.165) is 21.8 Å². The number of aromatic nitrogens is 2. The first-order valence-corrected chi connectivity index (χ1v) is 8.82. The fourth-order valence-electron chi connectivity index (χ4n) is 3.53. The van der Waals surface area contributed by atoms with E-state index in [1.165, 1.54) is 0 Å². The van der Waals surface area contributed by atoms with Crippen molar-refractivity contribution in [3.05, 3.63) is 77.6 Å². The van der Waals surface area contributed by atoms with E-state index in [9.17, 15) is 14.7 Å². The molecule has 0 atom stereocenters. The lowest BCUT2D eigenvalue weighted by atomic mass is 10.1. The number of hydrogen-bond acceptors (Lipinski definition) is 3. The van der Waals surface area contributed by atoms with Gasteiger partial charge in [0.25, 0.3) is 0 Å². The molecule has 0 radical (unpaired) electrons. The van der Waals surface area contributed by atoms with Gasteiger partial charge in [-0.3, -0.25) is 4.79 Å². The van der Waals surface area contributed by atoms with Crippen LogP contribution in [0.5, 0.6) is 0 Å². The second-order valence-electron chi connectivity index (χ2n) is 6.40. The average Bonchev–Trinajstić information content (AvgIpc) is 3.02. The summed E-state index contributed by atoms with van der Waals surface area (Å²) in [6, 6.07) is 18.5. The van der Waals surface area contributed by atoms with E-state index >= 15 is 0 Å². The first-order chi connectivity index (χ1) is 13.1. The summed E-state index contributed by atoms with van der Waals surface area (Å²) in [6.45, 7) is 2.11. The molecule has 134 valence electrons. The fraction of sp³-hybridized carbons (Fsp3) is 0.136. The van der Waals surface area contributed by atoms with Crippen molar-refractivity contribution in [1.29, 1.82) is 0 Å². The van der Waals surface area contributed by atoms with Gasteiger partial charge in [0.2, 0.25) is 0 Å². The lowest BCUT2D eigenvalue weighted by Crippen LogP contribution is -2.12. The van der Waals surface area contributed by atoms with Crippen LogP contribution in [0.2, 0.25) is 0 Å². The summed E-state index contributed by atoms with van der Waals surface area (Å²) < 4.78 is 1.96. The number of nitrogens with zero attached hydrogens (tertiary/aromatic N) is 2. The largest absolute Gasteiger partial charge is 0.477 e.